The first-order chi connectivity index (χ1) is 13.4. The third kappa shape index (κ3) is 3.02. The highest BCUT2D eigenvalue weighted by molar-refractivity contribution is 5.89. The van der Waals surface area contributed by atoms with Gasteiger partial charge in [-0.2, -0.15) is 0 Å². The maximum Gasteiger partial charge on any atom is 0.311 e. The van der Waals surface area contributed by atoms with Crippen LogP contribution in [-0.2, 0) is 14.3 Å². The molecule has 6 nitrogen and oxygen atoms in total. The molecule has 2 heterocycles. The van der Waals surface area contributed by atoms with Gasteiger partial charge in [-0.3, -0.25) is 9.59 Å². The number of carbonyl (C=O) groups is 2. The van der Waals surface area contributed by atoms with E-state index in [1.807, 2.05) is 43.3 Å². The van der Waals surface area contributed by atoms with E-state index in [4.69, 9.17) is 9.47 Å². The number of fused-ring (bicyclic) bond motifs is 2. The second-order valence-corrected chi connectivity index (χ2v) is 7.90. The Kier molecular flexibility index (Phi) is 4.75. The Morgan fingerprint density at radius 3 is 2.71 bits per heavy atom. The number of carboxylic acids is 1. The summed E-state index contributed by atoms with van der Waals surface area (Å²) in [5, 5.41) is 11.9. The van der Waals surface area contributed by atoms with Gasteiger partial charge >= 0.3 is 5.97 Å². The first kappa shape index (κ1) is 18.7. The number of ether oxygens (including phenoxy) is 2. The van der Waals surface area contributed by atoms with E-state index >= 15 is 0 Å². The molecule has 6 heteroatoms. The van der Waals surface area contributed by atoms with Crippen LogP contribution >= 0.6 is 0 Å². The summed E-state index contributed by atoms with van der Waals surface area (Å²) in [6.07, 6.45) is 0.461. The molecule has 2 saturated heterocycles. The van der Waals surface area contributed by atoms with Crippen LogP contribution < -0.4 is 4.74 Å². The normalized spacial score (nSPS) is 25.4. The minimum atomic E-state index is -0.867. The lowest BCUT2D eigenvalue weighted by Crippen LogP contribution is -2.45. The molecule has 2 aliphatic heterocycles. The lowest BCUT2D eigenvalue weighted by atomic mass is 9.74. The molecule has 0 unspecified atom stereocenters. The highest BCUT2D eigenvalue weighted by Crippen LogP contribution is 2.43. The van der Waals surface area contributed by atoms with Gasteiger partial charge < -0.3 is 19.5 Å². The van der Waals surface area contributed by atoms with E-state index in [1.54, 1.807) is 12.0 Å². The summed E-state index contributed by atoms with van der Waals surface area (Å²) in [4.78, 5) is 26.8. The van der Waals surface area contributed by atoms with Crippen molar-refractivity contribution in [1.82, 2.24) is 4.90 Å². The van der Waals surface area contributed by atoms with Crippen molar-refractivity contribution in [2.24, 2.45) is 11.3 Å². The van der Waals surface area contributed by atoms with E-state index in [0.29, 0.717) is 26.2 Å². The Hall–Kier alpha value is -2.60. The average Bonchev–Trinajstić information content (AvgIpc) is 3.13. The minimum absolute atomic E-state index is 0.0251. The van der Waals surface area contributed by atoms with Crippen molar-refractivity contribution in [3.63, 3.8) is 0 Å². The number of likely N-dealkylation sites (tertiary alicyclic amines) is 1. The van der Waals surface area contributed by atoms with E-state index in [2.05, 4.69) is 0 Å². The third-order valence-electron chi connectivity index (χ3n) is 6.39. The predicted octanol–water partition coefficient (Wildman–Crippen LogP) is 2.90. The van der Waals surface area contributed by atoms with Gasteiger partial charge in [-0.15, -0.1) is 0 Å². The van der Waals surface area contributed by atoms with Gasteiger partial charge in [0.1, 0.15) is 5.75 Å². The van der Waals surface area contributed by atoms with E-state index < -0.39 is 11.4 Å². The number of nitrogens with zero attached hydrogens (tertiary/aromatic N) is 1. The lowest BCUT2D eigenvalue weighted by molar-refractivity contribution is -0.157. The van der Waals surface area contributed by atoms with Crippen LogP contribution in [0.3, 0.4) is 0 Å². The van der Waals surface area contributed by atoms with Crippen LogP contribution in [0.5, 0.6) is 5.75 Å². The molecule has 0 radical (unpaired) electrons. The van der Waals surface area contributed by atoms with E-state index in [-0.39, 0.29) is 24.3 Å². The van der Waals surface area contributed by atoms with Crippen molar-refractivity contribution in [2.75, 3.05) is 33.4 Å². The van der Waals surface area contributed by atoms with Crippen LogP contribution in [0.1, 0.15) is 24.8 Å². The summed E-state index contributed by atoms with van der Waals surface area (Å²) in [6, 6.07) is 11.8. The fourth-order valence-electron chi connectivity index (χ4n) is 4.52. The monoisotopic (exact) mass is 383 g/mol. The third-order valence-corrected chi connectivity index (χ3v) is 6.39. The molecule has 1 amide bonds. The molecule has 0 aromatic heterocycles. The molecule has 1 N–H and O–H groups in total. The number of rotatable bonds is 4. The molecule has 3 atom stereocenters. The highest BCUT2D eigenvalue weighted by atomic mass is 16.5. The van der Waals surface area contributed by atoms with Crippen molar-refractivity contribution in [1.29, 1.82) is 0 Å². The number of hydrogen-bond donors (Lipinski definition) is 1. The van der Waals surface area contributed by atoms with Crippen LogP contribution in [0.15, 0.2) is 36.4 Å². The van der Waals surface area contributed by atoms with Crippen LogP contribution in [0.25, 0.3) is 10.8 Å². The van der Waals surface area contributed by atoms with Crippen LogP contribution in [0.2, 0.25) is 0 Å². The van der Waals surface area contributed by atoms with E-state index in [0.717, 1.165) is 22.1 Å². The fraction of sp³-hybridized carbons (Fsp3) is 0.455. The van der Waals surface area contributed by atoms with Crippen LogP contribution in [0, 0.1) is 11.3 Å². The summed E-state index contributed by atoms with van der Waals surface area (Å²) in [5.74, 6) is -0.520. The number of hydrogen-bond acceptors (Lipinski definition) is 4. The lowest BCUT2D eigenvalue weighted by Gasteiger charge is -2.33. The molecule has 2 aliphatic rings. The molecule has 2 aromatic carbocycles. The average molecular weight is 383 g/mol. The number of amides is 1. The number of methoxy groups -OCH3 is 1. The molecule has 2 aromatic rings. The maximum atomic E-state index is 13.2. The zero-order chi connectivity index (χ0) is 19.9. The molecule has 0 bridgehead atoms. The molecule has 0 aliphatic carbocycles. The summed E-state index contributed by atoms with van der Waals surface area (Å²) in [7, 11) is 1.64. The Balaban J connectivity index is 1.56. The predicted molar refractivity (Wildman–Crippen MR) is 104 cm³/mol. The first-order valence-corrected chi connectivity index (χ1v) is 9.62. The second-order valence-electron chi connectivity index (χ2n) is 7.90. The zero-order valence-corrected chi connectivity index (χ0v) is 16.2. The molecule has 148 valence electrons. The van der Waals surface area contributed by atoms with Gasteiger partial charge in [0.05, 0.1) is 25.0 Å². The van der Waals surface area contributed by atoms with Gasteiger partial charge in [-0.25, -0.2) is 0 Å². The molecule has 2 fully saturated rings. The smallest absolute Gasteiger partial charge is 0.311 e. The number of carboxylic acid groups (broad SMARTS) is 1. The summed E-state index contributed by atoms with van der Waals surface area (Å²) >= 11 is 0. The topological polar surface area (TPSA) is 76.1 Å². The minimum Gasteiger partial charge on any atom is -0.497 e. The second kappa shape index (κ2) is 7.09. The Bertz CT molecular complexity index is 926. The Morgan fingerprint density at radius 2 is 2.00 bits per heavy atom. The van der Waals surface area contributed by atoms with Crippen LogP contribution in [-0.4, -0.2) is 55.3 Å². The molecule has 0 saturated carbocycles. The van der Waals surface area contributed by atoms with Gasteiger partial charge in [0, 0.05) is 25.6 Å². The summed E-state index contributed by atoms with van der Waals surface area (Å²) in [5.41, 5.74) is 0.0614. The fourth-order valence-corrected chi connectivity index (χ4v) is 4.52. The summed E-state index contributed by atoms with van der Waals surface area (Å²) in [6.45, 7) is 3.44. The largest absolute Gasteiger partial charge is 0.497 e. The maximum absolute atomic E-state index is 13.2. The highest BCUT2D eigenvalue weighted by Gasteiger charge is 2.55. The summed E-state index contributed by atoms with van der Waals surface area (Å²) < 4.78 is 10.7. The van der Waals surface area contributed by atoms with Crippen molar-refractivity contribution < 1.29 is 24.2 Å². The van der Waals surface area contributed by atoms with Gasteiger partial charge in [-0.1, -0.05) is 24.3 Å². The molecule has 0 spiro atoms. The Labute approximate surface area is 164 Å². The van der Waals surface area contributed by atoms with Gasteiger partial charge in [0.2, 0.25) is 5.91 Å². The molecular formula is C22H25NO5. The van der Waals surface area contributed by atoms with Gasteiger partial charge in [-0.05, 0) is 41.8 Å². The van der Waals surface area contributed by atoms with Crippen molar-refractivity contribution >= 4 is 22.6 Å². The van der Waals surface area contributed by atoms with Crippen molar-refractivity contribution in [2.45, 2.75) is 19.3 Å². The Morgan fingerprint density at radius 1 is 1.25 bits per heavy atom. The van der Waals surface area contributed by atoms with Gasteiger partial charge in [0.25, 0.3) is 0 Å². The van der Waals surface area contributed by atoms with Gasteiger partial charge in [0.15, 0.2) is 0 Å². The van der Waals surface area contributed by atoms with E-state index in [9.17, 15) is 14.7 Å². The number of benzene rings is 2. The number of aliphatic carboxylic acids is 1. The molecule has 28 heavy (non-hydrogen) atoms. The van der Waals surface area contributed by atoms with Crippen molar-refractivity contribution in [3.05, 3.63) is 42.0 Å². The zero-order valence-electron chi connectivity index (χ0n) is 16.2. The molecule has 4 rings (SSSR count). The SMILES string of the molecule is COc1ccc2cc([C@H](C)C(=O)N3C[C@H]4COCC[C@@]4(C(=O)O)C3)ccc2c1. The number of carbonyl (C=O) groups excluding carboxylic acids is 1. The first-order valence-electron chi connectivity index (χ1n) is 9.62. The molecular weight excluding hydrogens is 358 g/mol. The quantitative estimate of drug-likeness (QED) is 0.879. The van der Waals surface area contributed by atoms with Crippen molar-refractivity contribution in [3.8, 4) is 5.75 Å². The standard InChI is InChI=1S/C22H25NO5/c1-14(15-3-4-17-10-19(27-2)6-5-16(17)9-15)20(24)23-11-18-12-28-8-7-22(18,13-23)21(25)26/h3-6,9-10,14,18H,7-8,11-13H2,1-2H3,(H,25,26)/t14-,18-,22+/m0/s1. The van der Waals surface area contributed by atoms with E-state index in [1.165, 1.54) is 0 Å². The van der Waals surface area contributed by atoms with Crippen LogP contribution in [0.4, 0.5) is 0 Å².